The number of phenolic OH excluding ortho intramolecular Hbond substituents is 1. The van der Waals surface area contributed by atoms with Crippen molar-refractivity contribution in [3.8, 4) is 5.75 Å². The van der Waals surface area contributed by atoms with Crippen LogP contribution in [0.2, 0.25) is 0 Å². The summed E-state index contributed by atoms with van der Waals surface area (Å²) in [7, 11) is 1.73. The molecule has 1 fully saturated rings. The van der Waals surface area contributed by atoms with E-state index in [0.29, 0.717) is 12.2 Å². The van der Waals surface area contributed by atoms with Crippen molar-refractivity contribution in [2.75, 3.05) is 13.1 Å². The van der Waals surface area contributed by atoms with Crippen molar-refractivity contribution in [3.05, 3.63) is 82.0 Å². The summed E-state index contributed by atoms with van der Waals surface area (Å²) < 4.78 is 3.37. The summed E-state index contributed by atoms with van der Waals surface area (Å²) in [5.41, 5.74) is 2.33. The van der Waals surface area contributed by atoms with Gasteiger partial charge < -0.3 is 5.11 Å². The van der Waals surface area contributed by atoms with Gasteiger partial charge in [-0.15, -0.1) is 0 Å². The van der Waals surface area contributed by atoms with Crippen LogP contribution in [0, 0.1) is 0 Å². The van der Waals surface area contributed by atoms with Gasteiger partial charge >= 0.3 is 5.69 Å². The van der Waals surface area contributed by atoms with Crippen molar-refractivity contribution in [2.45, 2.75) is 31.8 Å². The van der Waals surface area contributed by atoms with Crippen molar-refractivity contribution >= 4 is 0 Å². The Kier molecular flexibility index (Phi) is 5.30. The molecule has 0 bridgehead atoms. The maximum atomic E-state index is 12.7. The average Bonchev–Trinajstić information content (AvgIpc) is 2.98. The van der Waals surface area contributed by atoms with E-state index in [1.165, 1.54) is 15.8 Å². The fraction of sp³-hybridized carbons (Fsp3) is 0.364. The number of hydrogen-bond acceptors (Lipinski definition) is 4. The first-order chi connectivity index (χ1) is 13.6. The van der Waals surface area contributed by atoms with E-state index in [9.17, 15) is 9.90 Å². The quantitative estimate of drug-likeness (QED) is 0.742. The molecule has 0 saturated carbocycles. The van der Waals surface area contributed by atoms with Crippen LogP contribution in [-0.4, -0.2) is 37.4 Å². The number of hydrogen-bond donors (Lipinski definition) is 1. The minimum absolute atomic E-state index is 0.0251. The van der Waals surface area contributed by atoms with Crippen molar-refractivity contribution in [2.24, 2.45) is 7.05 Å². The minimum Gasteiger partial charge on any atom is -0.508 e. The molecule has 2 heterocycles. The lowest BCUT2D eigenvalue weighted by Gasteiger charge is -2.32. The van der Waals surface area contributed by atoms with Gasteiger partial charge in [0.05, 0.1) is 0 Å². The number of benzene rings is 2. The van der Waals surface area contributed by atoms with E-state index in [1.54, 1.807) is 19.2 Å². The molecule has 0 atom stereocenters. The molecule has 0 unspecified atom stereocenters. The number of aromatic nitrogens is 3. The van der Waals surface area contributed by atoms with E-state index in [1.807, 2.05) is 34.9 Å². The summed E-state index contributed by atoms with van der Waals surface area (Å²) in [6, 6.07) is 17.8. The minimum atomic E-state index is -0.0251. The van der Waals surface area contributed by atoms with Crippen molar-refractivity contribution in [1.29, 1.82) is 0 Å². The Morgan fingerprint density at radius 3 is 2.36 bits per heavy atom. The number of aryl methyl sites for hydroxylation is 1. The predicted molar refractivity (Wildman–Crippen MR) is 108 cm³/mol. The summed E-state index contributed by atoms with van der Waals surface area (Å²) in [5, 5.41) is 13.9. The topological polar surface area (TPSA) is 63.3 Å². The van der Waals surface area contributed by atoms with Gasteiger partial charge in [-0.3, -0.25) is 9.47 Å². The van der Waals surface area contributed by atoms with Gasteiger partial charge in [0, 0.05) is 39.1 Å². The summed E-state index contributed by atoms with van der Waals surface area (Å²) in [6.45, 7) is 2.75. The highest BCUT2D eigenvalue weighted by molar-refractivity contribution is 5.25. The molecule has 4 rings (SSSR count). The molecule has 1 aliphatic rings. The lowest BCUT2D eigenvalue weighted by Crippen LogP contribution is -2.37. The second kappa shape index (κ2) is 8.02. The van der Waals surface area contributed by atoms with Crippen LogP contribution in [0.25, 0.3) is 0 Å². The first-order valence-corrected chi connectivity index (χ1v) is 9.79. The van der Waals surface area contributed by atoms with Crippen molar-refractivity contribution in [3.63, 3.8) is 0 Å². The summed E-state index contributed by atoms with van der Waals surface area (Å²) in [6.07, 6.45) is 2.54. The fourth-order valence-corrected chi connectivity index (χ4v) is 3.99. The molecule has 0 amide bonds. The molecular formula is C22H26N4O2. The van der Waals surface area contributed by atoms with Crippen LogP contribution in [0.3, 0.4) is 0 Å². The van der Waals surface area contributed by atoms with Gasteiger partial charge in [-0.25, -0.2) is 9.48 Å². The molecule has 6 heteroatoms. The lowest BCUT2D eigenvalue weighted by atomic mass is 10.0. The van der Waals surface area contributed by atoms with Gasteiger partial charge in [0.15, 0.2) is 0 Å². The van der Waals surface area contributed by atoms with Gasteiger partial charge in [0.2, 0.25) is 0 Å². The van der Waals surface area contributed by atoms with Gasteiger partial charge in [-0.2, -0.15) is 5.10 Å². The molecule has 1 aliphatic heterocycles. The van der Waals surface area contributed by atoms with Crippen molar-refractivity contribution in [1.82, 2.24) is 19.2 Å². The Morgan fingerprint density at radius 1 is 1.00 bits per heavy atom. The third-order valence-corrected chi connectivity index (χ3v) is 5.50. The van der Waals surface area contributed by atoms with Crippen molar-refractivity contribution < 1.29 is 5.11 Å². The van der Waals surface area contributed by atoms with Gasteiger partial charge in [0.1, 0.15) is 11.6 Å². The smallest absolute Gasteiger partial charge is 0.345 e. The number of nitrogens with zero attached hydrogens (tertiary/aromatic N) is 4. The fourth-order valence-electron chi connectivity index (χ4n) is 3.99. The van der Waals surface area contributed by atoms with E-state index in [4.69, 9.17) is 0 Å². The van der Waals surface area contributed by atoms with Crippen LogP contribution < -0.4 is 5.69 Å². The summed E-state index contributed by atoms with van der Waals surface area (Å²) >= 11 is 0. The average molecular weight is 378 g/mol. The molecule has 0 aliphatic carbocycles. The zero-order valence-electron chi connectivity index (χ0n) is 16.2. The highest BCUT2D eigenvalue weighted by Crippen LogP contribution is 2.24. The van der Waals surface area contributed by atoms with Gasteiger partial charge in [0.25, 0.3) is 0 Å². The normalized spacial score (nSPS) is 15.8. The molecule has 1 saturated heterocycles. The Balaban J connectivity index is 1.45. The van der Waals surface area contributed by atoms with Gasteiger partial charge in [-0.05, 0) is 36.1 Å². The molecule has 0 radical (unpaired) electrons. The molecule has 28 heavy (non-hydrogen) atoms. The standard InChI is InChI=1S/C22H26N4O2/c1-24-22(28)26(21(23-24)15-17-5-3-2-4-6-17)19-11-13-25(14-12-19)16-18-7-9-20(27)10-8-18/h2-10,19,27H,11-16H2,1H3. The van der Waals surface area contributed by atoms with Crippen LogP contribution in [0.4, 0.5) is 0 Å². The highest BCUT2D eigenvalue weighted by Gasteiger charge is 2.25. The van der Waals surface area contributed by atoms with Crippen LogP contribution >= 0.6 is 0 Å². The van der Waals surface area contributed by atoms with Gasteiger partial charge in [-0.1, -0.05) is 42.5 Å². The zero-order valence-corrected chi connectivity index (χ0v) is 16.2. The number of likely N-dealkylation sites (tertiary alicyclic amines) is 1. The maximum Gasteiger partial charge on any atom is 0.345 e. The largest absolute Gasteiger partial charge is 0.508 e. The first kappa shape index (κ1) is 18.5. The zero-order chi connectivity index (χ0) is 19.5. The SMILES string of the molecule is Cn1nc(Cc2ccccc2)n(C2CCN(Cc3ccc(O)cc3)CC2)c1=O. The first-order valence-electron chi connectivity index (χ1n) is 9.79. The van der Waals surface area contributed by atoms with Crippen LogP contribution in [-0.2, 0) is 20.0 Å². The monoisotopic (exact) mass is 378 g/mol. The molecule has 0 spiro atoms. The molecule has 2 aromatic carbocycles. The van der Waals surface area contributed by atoms with E-state index in [0.717, 1.165) is 38.3 Å². The Bertz CT molecular complexity index is 968. The Hall–Kier alpha value is -2.86. The molecule has 1 N–H and O–H groups in total. The van der Waals surface area contributed by atoms with E-state index >= 15 is 0 Å². The third kappa shape index (κ3) is 4.02. The Morgan fingerprint density at radius 2 is 1.68 bits per heavy atom. The van der Waals surface area contributed by atoms with E-state index in [2.05, 4.69) is 22.1 Å². The number of aromatic hydroxyl groups is 1. The molecule has 3 aromatic rings. The molecule has 146 valence electrons. The Labute approximate surface area is 164 Å². The third-order valence-electron chi connectivity index (χ3n) is 5.50. The molecular weight excluding hydrogens is 352 g/mol. The molecule has 6 nitrogen and oxygen atoms in total. The second-order valence-corrected chi connectivity index (χ2v) is 7.53. The highest BCUT2D eigenvalue weighted by atomic mass is 16.3. The summed E-state index contributed by atoms with van der Waals surface area (Å²) in [5.74, 6) is 1.14. The van der Waals surface area contributed by atoms with E-state index < -0.39 is 0 Å². The maximum absolute atomic E-state index is 12.7. The predicted octanol–water partition coefficient (Wildman–Crippen LogP) is 2.72. The number of rotatable bonds is 5. The second-order valence-electron chi connectivity index (χ2n) is 7.53. The van der Waals surface area contributed by atoms with Crippen LogP contribution in [0.5, 0.6) is 5.75 Å². The number of phenols is 1. The van der Waals surface area contributed by atoms with Crippen LogP contribution in [0.15, 0.2) is 59.4 Å². The lowest BCUT2D eigenvalue weighted by molar-refractivity contribution is 0.176. The van der Waals surface area contributed by atoms with E-state index in [-0.39, 0.29) is 11.7 Å². The molecule has 1 aromatic heterocycles. The summed E-state index contributed by atoms with van der Waals surface area (Å²) in [4.78, 5) is 15.1. The number of piperidine rings is 1. The van der Waals surface area contributed by atoms with Crippen LogP contribution in [0.1, 0.15) is 35.8 Å².